The van der Waals surface area contributed by atoms with Crippen LogP contribution in [0.3, 0.4) is 0 Å². The van der Waals surface area contributed by atoms with Crippen LogP contribution in [0.2, 0.25) is 0 Å². The molecule has 22 heavy (non-hydrogen) atoms. The molecule has 0 radical (unpaired) electrons. The normalized spacial score (nSPS) is 17.5. The largest absolute Gasteiger partial charge is 0.382 e. The van der Waals surface area contributed by atoms with Crippen molar-refractivity contribution < 1.29 is 0 Å². The van der Waals surface area contributed by atoms with E-state index in [1.54, 1.807) is 0 Å². The number of hydrogen-bond donors (Lipinski definition) is 5. The van der Waals surface area contributed by atoms with Gasteiger partial charge in [0.05, 0.1) is 12.5 Å². The summed E-state index contributed by atoms with van der Waals surface area (Å²) in [5.41, 5.74) is 23.3. The number of aromatic amines is 1. The summed E-state index contributed by atoms with van der Waals surface area (Å²) in [6.45, 7) is 0. The van der Waals surface area contributed by atoms with Gasteiger partial charge in [0.25, 0.3) is 5.91 Å². The van der Waals surface area contributed by atoms with Crippen molar-refractivity contribution in [3.8, 4) is 0 Å². The molecule has 2 aliphatic rings. The van der Waals surface area contributed by atoms with E-state index in [1.165, 1.54) is 18.9 Å². The summed E-state index contributed by atoms with van der Waals surface area (Å²) < 4.78 is 0. The highest BCUT2D eigenvalue weighted by molar-refractivity contribution is 6.65. The van der Waals surface area contributed by atoms with Crippen molar-refractivity contribution >= 4 is 47.0 Å². The number of nitrogens with two attached hydrogens (primary N) is 4. The van der Waals surface area contributed by atoms with E-state index in [-0.39, 0.29) is 5.95 Å². The summed E-state index contributed by atoms with van der Waals surface area (Å²) >= 11 is 0. The second-order valence-electron chi connectivity index (χ2n) is 4.30. The predicted molar refractivity (Wildman–Crippen MR) is 83.5 cm³/mol. The number of amidine groups is 1. The fourth-order valence-corrected chi connectivity index (χ4v) is 1.68. The molecule has 2 aromatic rings. The number of nitrogens with zero attached hydrogens (tertiary/aromatic N) is 7. The Morgan fingerprint density at radius 3 is 2.77 bits per heavy atom. The average Bonchev–Trinajstić information content (AvgIpc) is 3.06. The third-order valence-electron chi connectivity index (χ3n) is 2.62. The van der Waals surface area contributed by atoms with Crippen molar-refractivity contribution in [2.75, 3.05) is 11.5 Å². The monoisotopic (exact) mass is 300 g/mol. The summed E-state index contributed by atoms with van der Waals surface area (Å²) in [7, 11) is 0. The molecule has 0 bridgehead atoms. The van der Waals surface area contributed by atoms with Crippen LogP contribution in [0, 0.1) is 0 Å². The Morgan fingerprint density at radius 2 is 1.95 bits per heavy atom. The molecule has 0 aromatic carbocycles. The Bertz CT molecular complexity index is 839. The van der Waals surface area contributed by atoms with Gasteiger partial charge in [0.1, 0.15) is 17.6 Å². The lowest BCUT2D eigenvalue weighted by Gasteiger charge is -2.16. The number of nitrogen functional groups attached to an aromatic ring is 2. The highest BCUT2D eigenvalue weighted by Gasteiger charge is 2.24. The predicted octanol–water partition coefficient (Wildman–Crippen LogP) is -2.00. The van der Waals surface area contributed by atoms with Gasteiger partial charge in [-0.25, -0.2) is 25.0 Å². The zero-order valence-electron chi connectivity index (χ0n) is 11.2. The van der Waals surface area contributed by atoms with Crippen molar-refractivity contribution in [3.05, 3.63) is 6.33 Å². The smallest absolute Gasteiger partial charge is 0.261 e. The van der Waals surface area contributed by atoms with E-state index >= 15 is 0 Å². The number of hydrogen-bond acceptors (Lipinski definition) is 11. The minimum atomic E-state index is -1.37. The summed E-state index contributed by atoms with van der Waals surface area (Å²) in [6.07, 6.45) is 4.35. The maximum absolute atomic E-state index is 5.50. The van der Waals surface area contributed by atoms with E-state index in [4.69, 9.17) is 22.9 Å². The molecule has 4 rings (SSSR count). The van der Waals surface area contributed by atoms with Crippen LogP contribution in [-0.2, 0) is 0 Å². The first kappa shape index (κ1) is 13.7. The van der Waals surface area contributed by atoms with E-state index in [0.29, 0.717) is 28.5 Å². The van der Waals surface area contributed by atoms with E-state index < -0.39 is 5.91 Å². The number of rotatable bonds is 0. The molecule has 2 aromatic heterocycles. The average molecular weight is 300 g/mol. The van der Waals surface area contributed by atoms with Crippen LogP contribution in [0.4, 0.5) is 11.8 Å². The van der Waals surface area contributed by atoms with Gasteiger partial charge >= 0.3 is 0 Å². The number of imidazole rings is 1. The number of aromatic nitrogens is 4. The second-order valence-corrected chi connectivity index (χ2v) is 4.30. The third kappa shape index (κ3) is 2.63. The highest BCUT2D eigenvalue weighted by Crippen LogP contribution is 2.12. The van der Waals surface area contributed by atoms with Gasteiger partial charge in [-0.2, -0.15) is 9.97 Å². The zero-order chi connectivity index (χ0) is 15.7. The Morgan fingerprint density at radius 1 is 1.14 bits per heavy atom. The minimum absolute atomic E-state index is 0.141. The Balaban J connectivity index is 0.000000131. The van der Waals surface area contributed by atoms with E-state index in [9.17, 15) is 0 Å². The van der Waals surface area contributed by atoms with Gasteiger partial charge in [-0.15, -0.1) is 0 Å². The second kappa shape index (κ2) is 4.94. The van der Waals surface area contributed by atoms with Gasteiger partial charge in [0.15, 0.2) is 17.3 Å². The molecule has 0 amide bonds. The van der Waals surface area contributed by atoms with Crippen molar-refractivity contribution in [2.45, 2.75) is 5.91 Å². The van der Waals surface area contributed by atoms with Crippen LogP contribution in [0.5, 0.6) is 0 Å². The molecule has 12 heteroatoms. The van der Waals surface area contributed by atoms with Crippen LogP contribution in [-0.4, -0.2) is 49.9 Å². The number of aliphatic imine (C=N–C) groups is 4. The van der Waals surface area contributed by atoms with Crippen molar-refractivity contribution in [1.82, 2.24) is 19.9 Å². The van der Waals surface area contributed by atoms with Gasteiger partial charge in [-0.1, -0.05) is 0 Å². The summed E-state index contributed by atoms with van der Waals surface area (Å²) in [5, 5.41) is 0. The maximum Gasteiger partial charge on any atom is 0.261 e. The molecule has 0 atom stereocenters. The number of nitrogens with one attached hydrogen (secondary N) is 1. The van der Waals surface area contributed by atoms with Crippen LogP contribution >= 0.6 is 0 Å². The number of fused-ring (bicyclic) bond motifs is 2. The van der Waals surface area contributed by atoms with Gasteiger partial charge in [-0.3, -0.25) is 11.5 Å². The molecule has 112 valence electrons. The van der Waals surface area contributed by atoms with Gasteiger partial charge in [0, 0.05) is 0 Å². The fraction of sp³-hybridized carbons (Fsp3) is 0.100. The highest BCUT2D eigenvalue weighted by atomic mass is 15.4. The van der Waals surface area contributed by atoms with E-state index in [0.717, 1.165) is 0 Å². The third-order valence-corrected chi connectivity index (χ3v) is 2.62. The minimum Gasteiger partial charge on any atom is -0.382 e. The van der Waals surface area contributed by atoms with Crippen LogP contribution < -0.4 is 22.9 Å². The molecule has 0 saturated carbocycles. The molecule has 4 heterocycles. The molecular formula is C10H12N12. The topological polar surface area (TPSA) is 208 Å². The standard InChI is InChI=1S/2C5H6N6/c6-3-2-4(9-1-8-2)11-5(7)10-3;6-5(7)10-1-3-4(11-5)9-2-8-3/h1H,(H5,6,7,8,9,10,11);1-2H,6-7H2. The Hall–Kier alpha value is -3.25. The summed E-state index contributed by atoms with van der Waals surface area (Å²) in [4.78, 5) is 29.5. The summed E-state index contributed by atoms with van der Waals surface area (Å²) in [5.74, 6) is -0.451. The molecule has 0 saturated heterocycles. The Kier molecular flexibility index (Phi) is 3.08. The molecule has 0 spiro atoms. The van der Waals surface area contributed by atoms with Crippen LogP contribution in [0.15, 0.2) is 26.3 Å². The summed E-state index contributed by atoms with van der Waals surface area (Å²) in [6, 6.07) is 0. The van der Waals surface area contributed by atoms with Crippen molar-refractivity contribution in [3.63, 3.8) is 0 Å². The van der Waals surface area contributed by atoms with Gasteiger partial charge in [-0.05, 0) is 0 Å². The molecule has 2 aliphatic heterocycles. The Labute approximate surface area is 123 Å². The van der Waals surface area contributed by atoms with Gasteiger partial charge in [0.2, 0.25) is 5.95 Å². The van der Waals surface area contributed by atoms with Gasteiger partial charge < -0.3 is 16.5 Å². The van der Waals surface area contributed by atoms with Crippen molar-refractivity contribution in [1.29, 1.82) is 0 Å². The molecule has 12 nitrogen and oxygen atoms in total. The molecular weight excluding hydrogens is 288 g/mol. The SMILES string of the molecule is NC1(N)N=CC2=NC=NC2=N1.Nc1nc(N)c2[nH]cnc2n1. The first-order chi connectivity index (χ1) is 10.4. The van der Waals surface area contributed by atoms with E-state index in [1.807, 2.05) is 0 Å². The number of H-pyrrole nitrogens is 1. The molecule has 0 fully saturated rings. The first-order valence-corrected chi connectivity index (χ1v) is 6.00. The first-order valence-electron chi connectivity index (χ1n) is 6.00. The fourth-order valence-electron chi connectivity index (χ4n) is 1.68. The number of anilines is 2. The molecule has 0 unspecified atom stereocenters. The zero-order valence-corrected chi connectivity index (χ0v) is 11.2. The van der Waals surface area contributed by atoms with Crippen LogP contribution in [0.1, 0.15) is 0 Å². The lowest BCUT2D eigenvalue weighted by Crippen LogP contribution is -2.49. The van der Waals surface area contributed by atoms with Crippen LogP contribution in [0.25, 0.3) is 11.2 Å². The van der Waals surface area contributed by atoms with E-state index in [2.05, 4.69) is 39.9 Å². The molecule has 9 N–H and O–H groups in total. The molecule has 0 aliphatic carbocycles. The maximum atomic E-state index is 5.50. The quantitative estimate of drug-likeness (QED) is 0.345. The lowest BCUT2D eigenvalue weighted by atomic mass is 10.3. The van der Waals surface area contributed by atoms with Crippen molar-refractivity contribution in [2.24, 2.45) is 31.4 Å². The lowest BCUT2D eigenvalue weighted by molar-refractivity contribution is 0.494.